The third kappa shape index (κ3) is 2.17. The normalized spacial score (nSPS) is 21.4. The van der Waals surface area contributed by atoms with Crippen LogP contribution in [-0.2, 0) is 11.3 Å². The third-order valence-electron chi connectivity index (χ3n) is 3.86. The molecule has 8 heteroatoms. The second-order valence-corrected chi connectivity index (χ2v) is 5.97. The van der Waals surface area contributed by atoms with Gasteiger partial charge in [-0.05, 0) is 18.3 Å². The molecule has 1 aromatic carbocycles. The zero-order valence-corrected chi connectivity index (χ0v) is 13.6. The number of hydrogen-bond donors (Lipinski definition) is 1. The first-order valence-corrected chi connectivity index (χ1v) is 7.43. The van der Waals surface area contributed by atoms with E-state index in [0.29, 0.717) is 22.5 Å². The SMILES string of the molecule is CN1C(=O)C2C(=[NH+]C(=S)N2Cc2ccccc2Cl)N(C)C1=O. The second-order valence-electron chi connectivity index (χ2n) is 5.18. The third-order valence-corrected chi connectivity index (χ3v) is 4.57. The minimum Gasteiger partial charge on any atom is -0.270 e. The molecule has 1 unspecified atom stereocenters. The maximum Gasteiger partial charge on any atom is 0.388 e. The van der Waals surface area contributed by atoms with Gasteiger partial charge in [-0.3, -0.25) is 14.6 Å². The number of rotatable bonds is 2. The van der Waals surface area contributed by atoms with Crippen LogP contribution in [0.15, 0.2) is 24.3 Å². The van der Waals surface area contributed by atoms with Crippen LogP contribution in [0, 0.1) is 0 Å². The number of benzene rings is 1. The van der Waals surface area contributed by atoms with Crippen molar-refractivity contribution in [1.82, 2.24) is 14.7 Å². The fourth-order valence-corrected chi connectivity index (χ4v) is 3.08. The Bertz CT molecular complexity index is 721. The summed E-state index contributed by atoms with van der Waals surface area (Å²) >= 11 is 11.5. The number of nitrogens with zero attached hydrogens (tertiary/aromatic N) is 3. The zero-order valence-electron chi connectivity index (χ0n) is 12.0. The van der Waals surface area contributed by atoms with E-state index in [1.54, 1.807) is 18.0 Å². The molecule has 114 valence electrons. The molecular weight excluding hydrogens is 324 g/mol. The lowest BCUT2D eigenvalue weighted by Gasteiger charge is -2.31. The molecule has 0 bridgehead atoms. The molecular formula is C14H14ClN4O2S+. The van der Waals surface area contributed by atoms with E-state index >= 15 is 0 Å². The highest BCUT2D eigenvalue weighted by Crippen LogP contribution is 2.22. The summed E-state index contributed by atoms with van der Waals surface area (Å²) in [5, 5.41) is 1.02. The Labute approximate surface area is 137 Å². The fraction of sp³-hybridized carbons (Fsp3) is 0.286. The molecule has 22 heavy (non-hydrogen) atoms. The van der Waals surface area contributed by atoms with Gasteiger partial charge in [0, 0.05) is 17.6 Å². The van der Waals surface area contributed by atoms with Crippen molar-refractivity contribution in [2.45, 2.75) is 12.6 Å². The van der Waals surface area contributed by atoms with Crippen molar-refractivity contribution in [3.05, 3.63) is 34.9 Å². The van der Waals surface area contributed by atoms with Gasteiger partial charge in [-0.1, -0.05) is 29.8 Å². The highest BCUT2D eigenvalue weighted by molar-refractivity contribution is 7.79. The molecule has 1 saturated heterocycles. The van der Waals surface area contributed by atoms with Crippen molar-refractivity contribution in [3.63, 3.8) is 0 Å². The van der Waals surface area contributed by atoms with Crippen LogP contribution < -0.4 is 4.99 Å². The molecule has 3 rings (SSSR count). The number of imide groups is 1. The summed E-state index contributed by atoms with van der Waals surface area (Å²) in [5.74, 6) is 0.183. The molecule has 0 spiro atoms. The van der Waals surface area contributed by atoms with E-state index in [0.717, 1.165) is 10.5 Å². The van der Waals surface area contributed by atoms with Crippen LogP contribution >= 0.6 is 23.8 Å². The standard InChI is InChI=1S/C14H13ClN4O2S/c1-17-11-10(12(20)18(2)14(17)21)19(13(22)16-11)7-8-5-3-4-6-9(8)15/h3-6,10H,7H2,1-2H3/p+1. The van der Waals surface area contributed by atoms with Crippen molar-refractivity contribution in [3.8, 4) is 0 Å². The highest BCUT2D eigenvalue weighted by Gasteiger charge is 2.54. The van der Waals surface area contributed by atoms with E-state index in [-0.39, 0.29) is 11.9 Å². The van der Waals surface area contributed by atoms with Crippen molar-refractivity contribution >= 4 is 46.7 Å². The van der Waals surface area contributed by atoms with E-state index in [9.17, 15) is 9.59 Å². The van der Waals surface area contributed by atoms with Gasteiger partial charge in [0.05, 0.1) is 13.6 Å². The summed E-state index contributed by atoms with van der Waals surface area (Å²) in [6.45, 7) is 0.390. The van der Waals surface area contributed by atoms with Gasteiger partial charge in [0.2, 0.25) is 6.04 Å². The summed E-state index contributed by atoms with van der Waals surface area (Å²) in [5.41, 5.74) is 0.865. The molecule has 0 saturated carbocycles. The van der Waals surface area contributed by atoms with E-state index in [1.807, 2.05) is 18.2 Å². The first kappa shape index (κ1) is 14.9. The predicted octanol–water partition coefficient (Wildman–Crippen LogP) is -0.188. The number of thiocarbonyl (C=S) groups is 1. The van der Waals surface area contributed by atoms with Gasteiger partial charge in [-0.25, -0.2) is 14.7 Å². The van der Waals surface area contributed by atoms with Crippen LogP contribution in [0.25, 0.3) is 0 Å². The Hall–Kier alpha value is -1.99. The molecule has 0 radical (unpaired) electrons. The number of likely N-dealkylation sites (N-methyl/N-ethyl adjacent to an activating group) is 2. The maximum atomic E-state index is 12.5. The highest BCUT2D eigenvalue weighted by atomic mass is 35.5. The van der Waals surface area contributed by atoms with Gasteiger partial charge < -0.3 is 0 Å². The number of amidine groups is 1. The average Bonchev–Trinajstić information content (AvgIpc) is 2.82. The van der Waals surface area contributed by atoms with Gasteiger partial charge in [0.1, 0.15) is 0 Å². The average molecular weight is 338 g/mol. The number of fused-ring (bicyclic) bond motifs is 1. The molecule has 2 aliphatic rings. The van der Waals surface area contributed by atoms with Gasteiger partial charge in [0.25, 0.3) is 16.9 Å². The smallest absolute Gasteiger partial charge is 0.270 e. The number of carbonyl (C=O) groups is 2. The molecule has 1 N–H and O–H groups in total. The Kier molecular flexibility index (Phi) is 3.62. The van der Waals surface area contributed by atoms with Crippen LogP contribution in [0.5, 0.6) is 0 Å². The van der Waals surface area contributed by atoms with Gasteiger partial charge in [-0.2, -0.15) is 0 Å². The van der Waals surface area contributed by atoms with Gasteiger partial charge >= 0.3 is 6.03 Å². The number of nitrogens with one attached hydrogen (secondary N) is 1. The van der Waals surface area contributed by atoms with E-state index < -0.39 is 6.04 Å². The lowest BCUT2D eigenvalue weighted by molar-refractivity contribution is -0.320. The topological polar surface area (TPSA) is 57.8 Å². The lowest BCUT2D eigenvalue weighted by atomic mass is 10.1. The van der Waals surface area contributed by atoms with Crippen LogP contribution in [0.3, 0.4) is 0 Å². The molecule has 2 heterocycles. The van der Waals surface area contributed by atoms with Gasteiger partial charge in [-0.15, -0.1) is 0 Å². The summed E-state index contributed by atoms with van der Waals surface area (Å²) in [6, 6.07) is 6.38. The van der Waals surface area contributed by atoms with E-state index in [1.165, 1.54) is 11.9 Å². The molecule has 3 amide bonds. The number of urea groups is 1. The summed E-state index contributed by atoms with van der Waals surface area (Å²) in [6.07, 6.45) is 0. The minimum absolute atomic E-state index is 0.308. The first-order valence-electron chi connectivity index (χ1n) is 6.65. The monoisotopic (exact) mass is 337 g/mol. The molecule has 6 nitrogen and oxygen atoms in total. The number of halogens is 1. The Morgan fingerprint density at radius 2 is 1.91 bits per heavy atom. The lowest BCUT2D eigenvalue weighted by Crippen LogP contribution is -2.79. The Balaban J connectivity index is 1.95. The van der Waals surface area contributed by atoms with Crippen LogP contribution in [0.2, 0.25) is 5.02 Å². The number of carbonyl (C=O) groups excluding carboxylic acids is 2. The molecule has 0 aliphatic carbocycles. The molecule has 2 aliphatic heterocycles. The first-order chi connectivity index (χ1) is 10.4. The number of amides is 3. The van der Waals surface area contributed by atoms with Crippen molar-refractivity contribution in [2.24, 2.45) is 0 Å². The largest absolute Gasteiger partial charge is 0.388 e. The van der Waals surface area contributed by atoms with Crippen molar-refractivity contribution in [2.75, 3.05) is 14.1 Å². The Morgan fingerprint density at radius 3 is 2.59 bits per heavy atom. The molecule has 1 aromatic rings. The summed E-state index contributed by atoms with van der Waals surface area (Å²) < 4.78 is 0. The number of hydrogen-bond acceptors (Lipinski definition) is 3. The predicted molar refractivity (Wildman–Crippen MR) is 85.3 cm³/mol. The Morgan fingerprint density at radius 1 is 1.23 bits per heavy atom. The summed E-state index contributed by atoms with van der Waals surface area (Å²) in [7, 11) is 3.08. The van der Waals surface area contributed by atoms with Crippen LogP contribution in [0.1, 0.15) is 5.56 Å². The summed E-state index contributed by atoms with van der Waals surface area (Å²) in [4.78, 5) is 31.7. The van der Waals surface area contributed by atoms with Crippen molar-refractivity contribution < 1.29 is 14.6 Å². The van der Waals surface area contributed by atoms with Crippen molar-refractivity contribution in [1.29, 1.82) is 0 Å². The minimum atomic E-state index is -0.628. The second kappa shape index (κ2) is 5.33. The molecule has 1 fully saturated rings. The van der Waals surface area contributed by atoms with Crippen LogP contribution in [0.4, 0.5) is 4.79 Å². The van der Waals surface area contributed by atoms with Gasteiger partial charge in [0.15, 0.2) is 0 Å². The van der Waals surface area contributed by atoms with E-state index in [4.69, 9.17) is 23.8 Å². The molecule has 1 atom stereocenters. The fourth-order valence-electron chi connectivity index (χ4n) is 2.61. The zero-order chi connectivity index (χ0) is 16.0. The van der Waals surface area contributed by atoms with E-state index in [2.05, 4.69) is 4.99 Å². The van der Waals surface area contributed by atoms with Crippen LogP contribution in [-0.4, -0.2) is 57.7 Å². The quantitative estimate of drug-likeness (QED) is 0.760. The molecule has 0 aromatic heterocycles. The maximum absolute atomic E-state index is 12.5.